The molecule has 0 unspecified atom stereocenters. The number of benzene rings is 2. The van der Waals surface area contributed by atoms with Crippen molar-refractivity contribution in [3.05, 3.63) is 84.2 Å². The molecule has 0 saturated heterocycles. The molecule has 0 saturated carbocycles. The van der Waals surface area contributed by atoms with E-state index >= 15 is 0 Å². The van der Waals surface area contributed by atoms with Crippen LogP contribution < -0.4 is 4.74 Å². The van der Waals surface area contributed by atoms with Crippen LogP contribution in [0.3, 0.4) is 0 Å². The summed E-state index contributed by atoms with van der Waals surface area (Å²) in [5.74, 6) is 1.32. The molecule has 5 nitrogen and oxygen atoms in total. The standard InChI is InChI=1S/C21H17N3O2/c1-26-17-12-10-15(11-13-17)18-8-5-9-21-22-20(23-24(18)21)14-19(25)16-6-3-2-4-7-16/h2-13H,14H2,1H3. The third-order valence-electron chi connectivity index (χ3n) is 4.20. The number of carbonyl (C=O) groups excluding carboxylic acids is 1. The van der Waals surface area contributed by atoms with Crippen molar-refractivity contribution in [3.8, 4) is 17.0 Å². The van der Waals surface area contributed by atoms with E-state index in [1.165, 1.54) is 0 Å². The zero-order valence-electron chi connectivity index (χ0n) is 14.3. The lowest BCUT2D eigenvalue weighted by molar-refractivity contribution is 0.0991. The molecule has 0 radical (unpaired) electrons. The van der Waals surface area contributed by atoms with E-state index in [-0.39, 0.29) is 12.2 Å². The fourth-order valence-corrected chi connectivity index (χ4v) is 2.87. The smallest absolute Gasteiger partial charge is 0.170 e. The lowest BCUT2D eigenvalue weighted by Crippen LogP contribution is -2.05. The number of Topliss-reactive ketones (excluding diaryl/α,β-unsaturated/α-hetero) is 1. The lowest BCUT2D eigenvalue weighted by atomic mass is 10.1. The molecule has 5 heteroatoms. The van der Waals surface area contributed by atoms with E-state index in [0.29, 0.717) is 17.0 Å². The van der Waals surface area contributed by atoms with Crippen molar-refractivity contribution in [1.82, 2.24) is 14.6 Å². The molecule has 0 fully saturated rings. The number of ketones is 1. The van der Waals surface area contributed by atoms with Crippen LogP contribution in [0.2, 0.25) is 0 Å². The fraction of sp³-hybridized carbons (Fsp3) is 0.0952. The summed E-state index contributed by atoms with van der Waals surface area (Å²) in [6, 6.07) is 22.8. The summed E-state index contributed by atoms with van der Waals surface area (Å²) in [6.45, 7) is 0. The molecule has 2 aromatic heterocycles. The fourth-order valence-electron chi connectivity index (χ4n) is 2.87. The first-order valence-electron chi connectivity index (χ1n) is 8.32. The van der Waals surface area contributed by atoms with Crippen molar-refractivity contribution in [2.24, 2.45) is 0 Å². The predicted octanol–water partition coefficient (Wildman–Crippen LogP) is 3.83. The number of fused-ring (bicyclic) bond motifs is 1. The summed E-state index contributed by atoms with van der Waals surface area (Å²) in [6.07, 6.45) is 0.174. The number of pyridine rings is 1. The first-order chi connectivity index (χ1) is 12.7. The molecule has 0 atom stereocenters. The van der Waals surface area contributed by atoms with Gasteiger partial charge in [0.2, 0.25) is 0 Å². The van der Waals surface area contributed by atoms with Gasteiger partial charge in [-0.2, -0.15) is 5.10 Å². The predicted molar refractivity (Wildman–Crippen MR) is 99.5 cm³/mol. The Morgan fingerprint density at radius 2 is 1.73 bits per heavy atom. The minimum Gasteiger partial charge on any atom is -0.497 e. The first kappa shape index (κ1) is 16.0. The Hall–Kier alpha value is -3.47. The van der Waals surface area contributed by atoms with Crippen LogP contribution in [0.15, 0.2) is 72.8 Å². The van der Waals surface area contributed by atoms with E-state index in [2.05, 4.69) is 10.1 Å². The SMILES string of the molecule is COc1ccc(-c2cccc3nc(CC(=O)c4ccccc4)nn23)cc1. The summed E-state index contributed by atoms with van der Waals surface area (Å²) in [5.41, 5.74) is 3.30. The Kier molecular flexibility index (Phi) is 4.19. The molecule has 2 aromatic carbocycles. The topological polar surface area (TPSA) is 56.5 Å². The number of aromatic nitrogens is 3. The van der Waals surface area contributed by atoms with Crippen molar-refractivity contribution in [2.75, 3.05) is 7.11 Å². The van der Waals surface area contributed by atoms with E-state index < -0.39 is 0 Å². The average molecular weight is 343 g/mol. The van der Waals surface area contributed by atoms with Crippen molar-refractivity contribution >= 4 is 11.4 Å². The molecular formula is C21H17N3O2. The Bertz CT molecular complexity index is 1050. The second kappa shape index (κ2) is 6.80. The molecule has 0 aliphatic rings. The first-order valence-corrected chi connectivity index (χ1v) is 8.32. The van der Waals surface area contributed by atoms with Gasteiger partial charge in [0.25, 0.3) is 0 Å². The largest absolute Gasteiger partial charge is 0.497 e. The Labute approximate surface area is 150 Å². The van der Waals surface area contributed by atoms with Gasteiger partial charge in [0.05, 0.1) is 19.2 Å². The Morgan fingerprint density at radius 3 is 2.46 bits per heavy atom. The van der Waals surface area contributed by atoms with Crippen LogP contribution in [0, 0.1) is 0 Å². The summed E-state index contributed by atoms with van der Waals surface area (Å²) in [4.78, 5) is 16.9. The quantitative estimate of drug-likeness (QED) is 0.517. The third kappa shape index (κ3) is 3.07. The van der Waals surface area contributed by atoms with Crippen LogP contribution in [0.1, 0.15) is 16.2 Å². The van der Waals surface area contributed by atoms with Crippen molar-refractivity contribution < 1.29 is 9.53 Å². The molecular weight excluding hydrogens is 326 g/mol. The van der Waals surface area contributed by atoms with Crippen LogP contribution in [0.5, 0.6) is 5.75 Å². The number of hydrogen-bond acceptors (Lipinski definition) is 4. The van der Waals surface area contributed by atoms with E-state index in [1.54, 1.807) is 23.8 Å². The van der Waals surface area contributed by atoms with Crippen LogP contribution >= 0.6 is 0 Å². The minimum atomic E-state index is 0.00695. The van der Waals surface area contributed by atoms with Gasteiger partial charge in [0.15, 0.2) is 17.3 Å². The second-order valence-corrected chi connectivity index (χ2v) is 5.90. The van der Waals surface area contributed by atoms with Gasteiger partial charge in [-0.1, -0.05) is 36.4 Å². The summed E-state index contributed by atoms with van der Waals surface area (Å²) in [5, 5.41) is 4.55. The van der Waals surface area contributed by atoms with Crippen LogP contribution in [0.25, 0.3) is 16.9 Å². The van der Waals surface area contributed by atoms with Gasteiger partial charge in [-0.25, -0.2) is 9.50 Å². The maximum atomic E-state index is 12.4. The molecule has 128 valence electrons. The molecule has 0 amide bonds. The van der Waals surface area contributed by atoms with Crippen molar-refractivity contribution in [3.63, 3.8) is 0 Å². The highest BCUT2D eigenvalue weighted by atomic mass is 16.5. The number of ether oxygens (including phenoxy) is 1. The normalized spacial score (nSPS) is 10.8. The second-order valence-electron chi connectivity index (χ2n) is 5.90. The Morgan fingerprint density at radius 1 is 0.962 bits per heavy atom. The van der Waals surface area contributed by atoms with E-state index in [0.717, 1.165) is 17.0 Å². The molecule has 26 heavy (non-hydrogen) atoms. The summed E-state index contributed by atoms with van der Waals surface area (Å²) in [7, 11) is 1.64. The summed E-state index contributed by atoms with van der Waals surface area (Å²) >= 11 is 0. The molecule has 0 aliphatic heterocycles. The van der Waals surface area contributed by atoms with Gasteiger partial charge < -0.3 is 4.74 Å². The van der Waals surface area contributed by atoms with Gasteiger partial charge in [-0.3, -0.25) is 4.79 Å². The molecule has 4 aromatic rings. The molecule has 2 heterocycles. The van der Waals surface area contributed by atoms with Crippen molar-refractivity contribution in [2.45, 2.75) is 6.42 Å². The van der Waals surface area contributed by atoms with E-state index in [4.69, 9.17) is 4.74 Å². The number of carbonyl (C=O) groups is 1. The molecule has 0 spiro atoms. The maximum Gasteiger partial charge on any atom is 0.170 e. The highest BCUT2D eigenvalue weighted by molar-refractivity contribution is 5.97. The van der Waals surface area contributed by atoms with Crippen molar-refractivity contribution in [1.29, 1.82) is 0 Å². The molecule has 0 N–H and O–H groups in total. The summed E-state index contributed by atoms with van der Waals surface area (Å²) < 4.78 is 6.98. The maximum absolute atomic E-state index is 12.4. The van der Waals surface area contributed by atoms with Crippen LogP contribution in [-0.2, 0) is 6.42 Å². The average Bonchev–Trinajstić information content (AvgIpc) is 3.11. The minimum absolute atomic E-state index is 0.00695. The van der Waals surface area contributed by atoms with Gasteiger partial charge >= 0.3 is 0 Å². The lowest BCUT2D eigenvalue weighted by Gasteiger charge is -2.05. The Balaban J connectivity index is 1.68. The van der Waals surface area contributed by atoms with Gasteiger partial charge in [-0.15, -0.1) is 0 Å². The van der Waals surface area contributed by atoms with Gasteiger partial charge in [-0.05, 0) is 36.4 Å². The van der Waals surface area contributed by atoms with Gasteiger partial charge in [0, 0.05) is 11.1 Å². The molecule has 0 bridgehead atoms. The molecule has 0 aliphatic carbocycles. The third-order valence-corrected chi connectivity index (χ3v) is 4.20. The zero-order valence-corrected chi connectivity index (χ0v) is 14.3. The van der Waals surface area contributed by atoms with Crippen LogP contribution in [-0.4, -0.2) is 27.5 Å². The van der Waals surface area contributed by atoms with Crippen LogP contribution in [0.4, 0.5) is 0 Å². The van der Waals surface area contributed by atoms with Gasteiger partial charge in [0.1, 0.15) is 5.75 Å². The number of methoxy groups -OCH3 is 1. The highest BCUT2D eigenvalue weighted by Gasteiger charge is 2.13. The van der Waals surface area contributed by atoms with E-state index in [1.807, 2.05) is 60.7 Å². The zero-order chi connectivity index (χ0) is 17.9. The van der Waals surface area contributed by atoms with E-state index in [9.17, 15) is 4.79 Å². The highest BCUT2D eigenvalue weighted by Crippen LogP contribution is 2.23. The number of nitrogens with zero attached hydrogens (tertiary/aromatic N) is 3. The molecule has 4 rings (SSSR count). The number of rotatable bonds is 5. The number of hydrogen-bond donors (Lipinski definition) is 0. The monoisotopic (exact) mass is 343 g/mol.